The molecule has 1 spiro atoms. The fourth-order valence-electron chi connectivity index (χ4n) is 3.80. The van der Waals surface area contributed by atoms with E-state index in [-0.39, 0.29) is 23.3 Å². The molecule has 0 bridgehead atoms. The van der Waals surface area contributed by atoms with E-state index in [9.17, 15) is 9.59 Å². The van der Waals surface area contributed by atoms with Gasteiger partial charge in [-0.15, -0.1) is 0 Å². The van der Waals surface area contributed by atoms with Crippen molar-refractivity contribution in [1.29, 1.82) is 0 Å². The summed E-state index contributed by atoms with van der Waals surface area (Å²) in [7, 11) is 0. The SMILES string of the molecule is NC1CC12CC(C(=O)O)C1C(C(=O)O)C12. The van der Waals surface area contributed by atoms with E-state index in [0.29, 0.717) is 6.42 Å². The molecule has 0 aliphatic heterocycles. The maximum Gasteiger partial charge on any atom is 0.307 e. The number of rotatable bonds is 2. The number of carbonyl (C=O) groups is 2. The zero-order valence-electron chi connectivity index (χ0n) is 8.09. The minimum atomic E-state index is -0.857. The zero-order chi connectivity index (χ0) is 11.0. The van der Waals surface area contributed by atoms with E-state index in [1.807, 2.05) is 0 Å². The molecule has 3 aliphatic carbocycles. The molecule has 0 heterocycles. The van der Waals surface area contributed by atoms with Crippen molar-refractivity contribution in [2.24, 2.45) is 34.8 Å². The fourth-order valence-corrected chi connectivity index (χ4v) is 3.80. The van der Waals surface area contributed by atoms with Crippen molar-refractivity contribution in [1.82, 2.24) is 0 Å². The Balaban J connectivity index is 1.89. The number of carboxylic acids is 2. The van der Waals surface area contributed by atoms with Crippen molar-refractivity contribution in [3.05, 3.63) is 0 Å². The van der Waals surface area contributed by atoms with Gasteiger partial charge in [-0.3, -0.25) is 9.59 Å². The highest BCUT2D eigenvalue weighted by Crippen LogP contribution is 2.77. The molecule has 15 heavy (non-hydrogen) atoms. The molecule has 3 saturated carbocycles. The van der Waals surface area contributed by atoms with Gasteiger partial charge in [-0.25, -0.2) is 0 Å². The van der Waals surface area contributed by atoms with E-state index in [4.69, 9.17) is 15.9 Å². The molecular weight excluding hydrogens is 198 g/mol. The number of fused-ring (bicyclic) bond motifs is 2. The van der Waals surface area contributed by atoms with Crippen LogP contribution in [0.5, 0.6) is 0 Å². The molecule has 0 aromatic carbocycles. The van der Waals surface area contributed by atoms with Crippen molar-refractivity contribution in [3.63, 3.8) is 0 Å². The van der Waals surface area contributed by atoms with Crippen LogP contribution in [0.25, 0.3) is 0 Å². The summed E-state index contributed by atoms with van der Waals surface area (Å²) in [6, 6.07) is 0.0266. The van der Waals surface area contributed by atoms with E-state index in [2.05, 4.69) is 0 Å². The Bertz CT molecular complexity index is 368. The molecule has 3 rings (SSSR count). The first-order valence-electron chi connectivity index (χ1n) is 5.20. The van der Waals surface area contributed by atoms with Gasteiger partial charge in [0.05, 0.1) is 11.8 Å². The van der Waals surface area contributed by atoms with E-state index in [1.54, 1.807) is 0 Å². The summed E-state index contributed by atoms with van der Waals surface area (Å²) in [4.78, 5) is 21.9. The smallest absolute Gasteiger partial charge is 0.307 e. The third-order valence-electron chi connectivity index (χ3n) is 4.58. The zero-order valence-corrected chi connectivity index (χ0v) is 8.09. The highest BCUT2D eigenvalue weighted by atomic mass is 16.4. The second kappa shape index (κ2) is 2.35. The van der Waals surface area contributed by atoms with Crippen molar-refractivity contribution in [2.75, 3.05) is 0 Å². The van der Waals surface area contributed by atoms with Gasteiger partial charge in [-0.1, -0.05) is 0 Å². The van der Waals surface area contributed by atoms with Crippen LogP contribution in [0.1, 0.15) is 12.8 Å². The summed E-state index contributed by atoms with van der Waals surface area (Å²) in [5.41, 5.74) is 5.68. The average molecular weight is 211 g/mol. The van der Waals surface area contributed by atoms with Gasteiger partial charge < -0.3 is 15.9 Å². The Labute approximate surface area is 86.3 Å². The maximum atomic E-state index is 11.0. The third-order valence-corrected chi connectivity index (χ3v) is 4.58. The molecule has 3 fully saturated rings. The van der Waals surface area contributed by atoms with Crippen LogP contribution < -0.4 is 5.73 Å². The second-order valence-corrected chi connectivity index (χ2v) is 5.16. The van der Waals surface area contributed by atoms with Crippen LogP contribution in [0.2, 0.25) is 0 Å². The van der Waals surface area contributed by atoms with Crippen molar-refractivity contribution in [3.8, 4) is 0 Å². The van der Waals surface area contributed by atoms with Crippen LogP contribution in [-0.2, 0) is 9.59 Å². The van der Waals surface area contributed by atoms with Gasteiger partial charge in [0.15, 0.2) is 0 Å². The number of hydrogen-bond acceptors (Lipinski definition) is 3. The Kier molecular flexibility index (Phi) is 1.43. The Morgan fingerprint density at radius 2 is 1.80 bits per heavy atom. The van der Waals surface area contributed by atoms with Gasteiger partial charge in [-0.05, 0) is 30.1 Å². The average Bonchev–Trinajstić information content (AvgIpc) is 2.94. The summed E-state index contributed by atoms with van der Waals surface area (Å²) in [5, 5.41) is 18.0. The maximum absolute atomic E-state index is 11.0. The molecule has 5 heteroatoms. The standard InChI is InChI=1S/C10H13NO4/c11-4-2-10(4)1-3(8(12)13)5-6(7(5)10)9(14)15/h3-7H,1-2,11H2,(H,12,13)(H,14,15). The van der Waals surface area contributed by atoms with Crippen LogP contribution >= 0.6 is 0 Å². The second-order valence-electron chi connectivity index (χ2n) is 5.16. The van der Waals surface area contributed by atoms with Gasteiger partial charge >= 0.3 is 11.9 Å². The predicted molar refractivity (Wildman–Crippen MR) is 48.9 cm³/mol. The van der Waals surface area contributed by atoms with Crippen molar-refractivity contribution < 1.29 is 19.8 Å². The van der Waals surface area contributed by atoms with E-state index < -0.39 is 23.8 Å². The Hall–Kier alpha value is -1.10. The van der Waals surface area contributed by atoms with Crippen LogP contribution in [0, 0.1) is 29.1 Å². The minimum absolute atomic E-state index is 0.0266. The van der Waals surface area contributed by atoms with Gasteiger partial charge in [0.1, 0.15) is 0 Å². The van der Waals surface area contributed by atoms with Gasteiger partial charge in [0, 0.05) is 6.04 Å². The molecule has 0 saturated heterocycles. The van der Waals surface area contributed by atoms with Crippen LogP contribution in [0.4, 0.5) is 0 Å². The lowest BCUT2D eigenvalue weighted by Crippen LogP contribution is -2.23. The number of nitrogens with two attached hydrogens (primary N) is 1. The summed E-state index contributed by atoms with van der Waals surface area (Å²) < 4.78 is 0. The monoisotopic (exact) mass is 211 g/mol. The molecule has 0 aromatic rings. The molecule has 3 aliphatic rings. The topological polar surface area (TPSA) is 101 Å². The van der Waals surface area contributed by atoms with Crippen molar-refractivity contribution in [2.45, 2.75) is 18.9 Å². The van der Waals surface area contributed by atoms with Crippen LogP contribution in [-0.4, -0.2) is 28.2 Å². The Morgan fingerprint density at radius 1 is 1.20 bits per heavy atom. The number of aliphatic carboxylic acids is 2. The molecule has 4 N–H and O–H groups in total. The van der Waals surface area contributed by atoms with E-state index in [0.717, 1.165) is 6.42 Å². The summed E-state index contributed by atoms with van der Waals surface area (Å²) >= 11 is 0. The Morgan fingerprint density at radius 3 is 2.20 bits per heavy atom. The molecule has 5 nitrogen and oxygen atoms in total. The lowest BCUT2D eigenvalue weighted by Gasteiger charge is -2.14. The summed E-state index contributed by atoms with van der Waals surface area (Å²) in [6.45, 7) is 0. The fraction of sp³-hybridized carbons (Fsp3) is 0.800. The first kappa shape index (κ1) is 9.15. The van der Waals surface area contributed by atoms with Crippen LogP contribution in [0.3, 0.4) is 0 Å². The first-order valence-corrected chi connectivity index (χ1v) is 5.20. The molecule has 0 aromatic heterocycles. The third kappa shape index (κ3) is 0.916. The van der Waals surface area contributed by atoms with E-state index >= 15 is 0 Å². The molecular formula is C10H13NO4. The highest BCUT2D eigenvalue weighted by molar-refractivity contribution is 5.80. The summed E-state index contributed by atoms with van der Waals surface area (Å²) in [5.74, 6) is -2.77. The summed E-state index contributed by atoms with van der Waals surface area (Å²) in [6.07, 6.45) is 1.39. The van der Waals surface area contributed by atoms with Gasteiger partial charge in [0.25, 0.3) is 0 Å². The quantitative estimate of drug-likeness (QED) is 0.585. The molecule has 6 unspecified atom stereocenters. The largest absolute Gasteiger partial charge is 0.481 e. The number of carboxylic acid groups (broad SMARTS) is 2. The highest BCUT2D eigenvalue weighted by Gasteiger charge is 2.79. The lowest BCUT2D eigenvalue weighted by atomic mass is 9.90. The van der Waals surface area contributed by atoms with E-state index in [1.165, 1.54) is 0 Å². The van der Waals surface area contributed by atoms with Crippen molar-refractivity contribution >= 4 is 11.9 Å². The van der Waals surface area contributed by atoms with Gasteiger partial charge in [-0.2, -0.15) is 0 Å². The normalized spacial score (nSPS) is 55.1. The predicted octanol–water partition coefficient (Wildman–Crippen LogP) is -0.245. The van der Waals surface area contributed by atoms with Crippen LogP contribution in [0.15, 0.2) is 0 Å². The molecule has 0 amide bonds. The van der Waals surface area contributed by atoms with Gasteiger partial charge in [0.2, 0.25) is 0 Å². The molecule has 6 atom stereocenters. The number of hydrogen-bond donors (Lipinski definition) is 3. The minimum Gasteiger partial charge on any atom is -0.481 e. The molecule has 0 radical (unpaired) electrons. The first-order chi connectivity index (χ1) is 6.99. The molecule has 82 valence electrons. The lowest BCUT2D eigenvalue weighted by molar-refractivity contribution is -0.144.